The summed E-state index contributed by atoms with van der Waals surface area (Å²) in [5.41, 5.74) is 1.66. The summed E-state index contributed by atoms with van der Waals surface area (Å²) in [5.74, 6) is 2.06. The Morgan fingerprint density at radius 1 is 1.08 bits per heavy atom. The van der Waals surface area contributed by atoms with Crippen LogP contribution in [0.2, 0.25) is 0 Å². The number of ether oxygens (including phenoxy) is 3. The summed E-state index contributed by atoms with van der Waals surface area (Å²) >= 11 is 0. The number of para-hydroxylation sites is 1. The lowest BCUT2D eigenvalue weighted by molar-refractivity contribution is -0.118. The molecule has 0 saturated heterocycles. The second kappa shape index (κ2) is 8.97. The third-order valence-corrected chi connectivity index (χ3v) is 4.10. The molecule has 0 heterocycles. The summed E-state index contributed by atoms with van der Waals surface area (Å²) in [6.07, 6.45) is 1.01. The van der Waals surface area contributed by atoms with Crippen LogP contribution in [-0.2, 0) is 4.79 Å². The minimum absolute atomic E-state index is 0.0756. The number of amides is 1. The van der Waals surface area contributed by atoms with E-state index in [2.05, 4.69) is 19.2 Å². The fourth-order valence-electron chi connectivity index (χ4n) is 2.48. The number of hydrogen-bond donors (Lipinski definition) is 1. The first-order valence-electron chi connectivity index (χ1n) is 8.32. The highest BCUT2D eigenvalue weighted by Gasteiger charge is 2.13. The molecule has 0 aliphatic carbocycles. The fraction of sp³-hybridized carbons (Fsp3) is 0.350. The molecule has 0 aliphatic heterocycles. The molecule has 0 unspecified atom stereocenters. The highest BCUT2D eigenvalue weighted by Crippen LogP contribution is 2.30. The molecule has 0 saturated carbocycles. The molecule has 0 bridgehead atoms. The van der Waals surface area contributed by atoms with Gasteiger partial charge in [0, 0.05) is 6.07 Å². The second-order valence-corrected chi connectivity index (χ2v) is 5.75. The van der Waals surface area contributed by atoms with Crippen molar-refractivity contribution in [2.45, 2.75) is 26.2 Å². The number of nitrogens with one attached hydrogen (secondary N) is 1. The van der Waals surface area contributed by atoms with Crippen LogP contribution in [0.4, 0.5) is 5.69 Å². The van der Waals surface area contributed by atoms with Crippen molar-refractivity contribution < 1.29 is 19.0 Å². The highest BCUT2D eigenvalue weighted by molar-refractivity contribution is 5.93. The molecule has 0 aliphatic rings. The first kappa shape index (κ1) is 18.6. The van der Waals surface area contributed by atoms with Gasteiger partial charge in [-0.05, 0) is 36.1 Å². The summed E-state index contributed by atoms with van der Waals surface area (Å²) in [6.45, 7) is 4.19. The van der Waals surface area contributed by atoms with Crippen LogP contribution in [0, 0.1) is 0 Å². The molecular formula is C20H25NO4. The Hall–Kier alpha value is -2.69. The number of hydrogen-bond acceptors (Lipinski definition) is 4. The van der Waals surface area contributed by atoms with Crippen LogP contribution in [0.15, 0.2) is 42.5 Å². The molecule has 2 aromatic carbocycles. The first-order chi connectivity index (χ1) is 12.1. The predicted molar refractivity (Wildman–Crippen MR) is 98.8 cm³/mol. The molecule has 2 rings (SSSR count). The van der Waals surface area contributed by atoms with Gasteiger partial charge in [-0.1, -0.05) is 32.0 Å². The number of carbonyl (C=O) groups excluding carboxylic acids is 1. The third kappa shape index (κ3) is 4.89. The van der Waals surface area contributed by atoms with Crippen LogP contribution in [0.1, 0.15) is 31.7 Å². The summed E-state index contributed by atoms with van der Waals surface area (Å²) < 4.78 is 16.2. The van der Waals surface area contributed by atoms with Gasteiger partial charge in [-0.15, -0.1) is 0 Å². The van der Waals surface area contributed by atoms with E-state index in [0.29, 0.717) is 23.1 Å². The molecule has 0 fully saturated rings. The van der Waals surface area contributed by atoms with Gasteiger partial charge < -0.3 is 19.5 Å². The number of carbonyl (C=O) groups is 1. The smallest absolute Gasteiger partial charge is 0.262 e. The maximum Gasteiger partial charge on any atom is 0.262 e. The summed E-state index contributed by atoms with van der Waals surface area (Å²) in [4.78, 5) is 12.3. The van der Waals surface area contributed by atoms with E-state index in [0.717, 1.165) is 17.7 Å². The van der Waals surface area contributed by atoms with Crippen molar-refractivity contribution in [1.29, 1.82) is 0 Å². The normalized spacial score (nSPS) is 11.5. The Morgan fingerprint density at radius 3 is 2.52 bits per heavy atom. The molecule has 25 heavy (non-hydrogen) atoms. The molecule has 134 valence electrons. The van der Waals surface area contributed by atoms with E-state index < -0.39 is 0 Å². The maximum atomic E-state index is 12.3. The van der Waals surface area contributed by atoms with E-state index >= 15 is 0 Å². The van der Waals surface area contributed by atoms with Crippen molar-refractivity contribution >= 4 is 11.6 Å². The van der Waals surface area contributed by atoms with E-state index in [4.69, 9.17) is 14.2 Å². The zero-order chi connectivity index (χ0) is 18.2. The van der Waals surface area contributed by atoms with Crippen molar-refractivity contribution in [2.75, 3.05) is 26.1 Å². The lowest BCUT2D eigenvalue weighted by Gasteiger charge is -2.16. The van der Waals surface area contributed by atoms with E-state index in [1.54, 1.807) is 32.4 Å². The number of anilines is 1. The second-order valence-electron chi connectivity index (χ2n) is 5.75. The third-order valence-electron chi connectivity index (χ3n) is 4.10. The van der Waals surface area contributed by atoms with Crippen LogP contribution in [0.5, 0.6) is 17.2 Å². The van der Waals surface area contributed by atoms with Crippen molar-refractivity contribution in [2.24, 2.45) is 0 Å². The van der Waals surface area contributed by atoms with Gasteiger partial charge in [0.05, 0.1) is 19.9 Å². The van der Waals surface area contributed by atoms with Crippen LogP contribution in [0.3, 0.4) is 0 Å². The van der Waals surface area contributed by atoms with Gasteiger partial charge in [0.15, 0.2) is 6.61 Å². The minimum Gasteiger partial charge on any atom is -0.497 e. The largest absolute Gasteiger partial charge is 0.497 e. The van der Waals surface area contributed by atoms with Gasteiger partial charge in [-0.2, -0.15) is 0 Å². The van der Waals surface area contributed by atoms with Crippen LogP contribution in [-0.4, -0.2) is 26.7 Å². The maximum absolute atomic E-state index is 12.3. The average Bonchev–Trinajstić information content (AvgIpc) is 2.65. The SMILES string of the molecule is CC[C@@H](C)c1ccccc1OCC(=O)Nc1cc(OC)ccc1OC. The zero-order valence-corrected chi connectivity index (χ0v) is 15.2. The van der Waals surface area contributed by atoms with Gasteiger partial charge in [-0.25, -0.2) is 0 Å². The average molecular weight is 343 g/mol. The van der Waals surface area contributed by atoms with Gasteiger partial charge >= 0.3 is 0 Å². The zero-order valence-electron chi connectivity index (χ0n) is 15.2. The topological polar surface area (TPSA) is 56.8 Å². The lowest BCUT2D eigenvalue weighted by Crippen LogP contribution is -2.21. The Kier molecular flexibility index (Phi) is 6.69. The molecular weight excluding hydrogens is 318 g/mol. The molecule has 0 radical (unpaired) electrons. The minimum atomic E-state index is -0.259. The quantitative estimate of drug-likeness (QED) is 0.779. The predicted octanol–water partition coefficient (Wildman–Crippen LogP) is 4.23. The van der Waals surface area contributed by atoms with Crippen LogP contribution < -0.4 is 19.5 Å². The van der Waals surface area contributed by atoms with Crippen molar-refractivity contribution in [1.82, 2.24) is 0 Å². The van der Waals surface area contributed by atoms with Crippen LogP contribution in [0.25, 0.3) is 0 Å². The van der Waals surface area contributed by atoms with Gasteiger partial charge in [0.2, 0.25) is 0 Å². The molecule has 1 amide bonds. The standard InChI is InChI=1S/C20H25NO4/c1-5-14(2)16-8-6-7-9-18(16)25-13-20(22)21-17-12-15(23-3)10-11-19(17)24-4/h6-12,14H,5,13H2,1-4H3,(H,21,22)/t14-/m1/s1. The molecule has 0 aromatic heterocycles. The summed E-state index contributed by atoms with van der Waals surface area (Å²) in [7, 11) is 3.12. The molecule has 5 nitrogen and oxygen atoms in total. The highest BCUT2D eigenvalue weighted by atomic mass is 16.5. The fourth-order valence-corrected chi connectivity index (χ4v) is 2.48. The number of rotatable bonds is 8. The Morgan fingerprint density at radius 2 is 1.84 bits per heavy atom. The molecule has 0 spiro atoms. The number of methoxy groups -OCH3 is 2. The molecule has 1 atom stereocenters. The Balaban J connectivity index is 2.05. The monoisotopic (exact) mass is 343 g/mol. The Bertz CT molecular complexity index is 715. The van der Waals surface area contributed by atoms with Crippen LogP contribution >= 0.6 is 0 Å². The van der Waals surface area contributed by atoms with E-state index in [1.165, 1.54) is 0 Å². The van der Waals surface area contributed by atoms with E-state index in [9.17, 15) is 4.79 Å². The van der Waals surface area contributed by atoms with Crippen molar-refractivity contribution in [3.63, 3.8) is 0 Å². The summed E-state index contributed by atoms with van der Waals surface area (Å²) in [6, 6.07) is 13.0. The van der Waals surface area contributed by atoms with Gasteiger partial charge in [0.1, 0.15) is 17.2 Å². The van der Waals surface area contributed by atoms with E-state index in [1.807, 2.05) is 24.3 Å². The Labute approximate surface area is 148 Å². The molecule has 1 N–H and O–H groups in total. The van der Waals surface area contributed by atoms with Crippen molar-refractivity contribution in [3.05, 3.63) is 48.0 Å². The first-order valence-corrected chi connectivity index (χ1v) is 8.32. The molecule has 5 heteroatoms. The van der Waals surface area contributed by atoms with Gasteiger partial charge in [-0.3, -0.25) is 4.79 Å². The van der Waals surface area contributed by atoms with Gasteiger partial charge in [0.25, 0.3) is 5.91 Å². The van der Waals surface area contributed by atoms with Crippen molar-refractivity contribution in [3.8, 4) is 17.2 Å². The number of benzene rings is 2. The summed E-state index contributed by atoms with van der Waals surface area (Å²) in [5, 5.41) is 2.80. The lowest BCUT2D eigenvalue weighted by atomic mass is 9.98. The molecule has 2 aromatic rings. The van der Waals surface area contributed by atoms with E-state index in [-0.39, 0.29) is 12.5 Å².